The average molecular weight is 821 g/mol. The normalized spacial score (nSPS) is 15.8. The van der Waals surface area contributed by atoms with E-state index in [0.29, 0.717) is 23.7 Å². The summed E-state index contributed by atoms with van der Waals surface area (Å²) in [5.74, 6) is 1.75. The number of halogens is 2. The molecule has 0 saturated carbocycles. The summed E-state index contributed by atoms with van der Waals surface area (Å²) in [6.07, 6.45) is 0. The predicted octanol–water partition coefficient (Wildman–Crippen LogP) is 14.3. The Bertz CT molecular complexity index is 1760. The van der Waals surface area contributed by atoms with Gasteiger partial charge in [0, 0.05) is 11.4 Å². The molecule has 5 heteroatoms. The summed E-state index contributed by atoms with van der Waals surface area (Å²) in [6.45, 7) is 20.9. The van der Waals surface area contributed by atoms with Crippen molar-refractivity contribution in [1.29, 1.82) is 0 Å². The van der Waals surface area contributed by atoms with Crippen molar-refractivity contribution in [3.8, 4) is 0 Å². The molecule has 5 aromatic carbocycles. The Balaban J connectivity index is 0.000000476. The van der Waals surface area contributed by atoms with Gasteiger partial charge >= 0.3 is 73.4 Å². The number of hydrogen-bond donors (Lipinski definition) is 0. The van der Waals surface area contributed by atoms with E-state index in [-0.39, 0.29) is 19.5 Å². The first-order chi connectivity index (χ1) is 24.5. The first-order valence-electron chi connectivity index (χ1n) is 18.1. The SMILES string of the molecule is CC(C)c1ccc(C(C)C)c(N2[CH-]N(c3cc(C(C)C)ccc3C(C)C)[C@H](c3ccccc3)[C@H]2c2ccccc2)c1.[CH3-].[Cl][Ru]([Cl])=[CH]c1ccccc1. The number of benzene rings is 5. The van der Waals surface area contributed by atoms with E-state index >= 15 is 0 Å². The summed E-state index contributed by atoms with van der Waals surface area (Å²) in [5.41, 5.74) is 11.9. The second-order valence-electron chi connectivity index (χ2n) is 14.6. The first kappa shape index (κ1) is 41.5. The van der Waals surface area contributed by atoms with Crippen molar-refractivity contribution >= 4 is 35.4 Å². The fraction of sp³-hybridized carbons (Fsp3) is 0.298. The van der Waals surface area contributed by atoms with Gasteiger partial charge < -0.3 is 17.2 Å². The van der Waals surface area contributed by atoms with Gasteiger partial charge in [-0.2, -0.15) is 6.67 Å². The quantitative estimate of drug-likeness (QED) is 0.108. The molecule has 0 spiro atoms. The van der Waals surface area contributed by atoms with Crippen LogP contribution in [0.3, 0.4) is 0 Å². The Morgan fingerprint density at radius 2 is 0.885 bits per heavy atom. The molecule has 6 rings (SSSR count). The summed E-state index contributed by atoms with van der Waals surface area (Å²) in [5, 5.41) is 0. The van der Waals surface area contributed by atoms with Crippen LogP contribution in [0.4, 0.5) is 11.4 Å². The molecule has 2 atom stereocenters. The van der Waals surface area contributed by atoms with Crippen LogP contribution in [-0.4, -0.2) is 4.61 Å². The van der Waals surface area contributed by atoms with E-state index in [1.165, 1.54) is 44.8 Å². The van der Waals surface area contributed by atoms with Gasteiger partial charge in [0.25, 0.3) is 0 Å². The molecular weight excluding hydrogens is 765 g/mol. The fourth-order valence-electron chi connectivity index (χ4n) is 6.87. The summed E-state index contributed by atoms with van der Waals surface area (Å²) in [7, 11) is 11.3. The molecule has 0 unspecified atom stereocenters. The van der Waals surface area contributed by atoms with Gasteiger partial charge in [0.2, 0.25) is 0 Å². The monoisotopic (exact) mass is 820 g/mol. The van der Waals surface area contributed by atoms with Crippen LogP contribution in [0, 0.1) is 14.1 Å². The van der Waals surface area contributed by atoms with Crippen molar-refractivity contribution in [2.45, 2.75) is 91.1 Å². The molecule has 0 bridgehead atoms. The van der Waals surface area contributed by atoms with Gasteiger partial charge in [0.05, 0.1) is 12.1 Å². The fourth-order valence-corrected chi connectivity index (χ4v) is 8.69. The molecule has 1 fully saturated rings. The van der Waals surface area contributed by atoms with E-state index in [1.54, 1.807) is 0 Å². The Morgan fingerprint density at radius 1 is 0.519 bits per heavy atom. The molecule has 278 valence electrons. The Labute approximate surface area is 328 Å². The van der Waals surface area contributed by atoms with Crippen molar-refractivity contribution in [2.75, 3.05) is 9.80 Å². The molecule has 0 amide bonds. The van der Waals surface area contributed by atoms with Gasteiger partial charge in [-0.1, -0.05) is 140 Å². The number of hydrogen-bond acceptors (Lipinski definition) is 2. The summed E-state index contributed by atoms with van der Waals surface area (Å²) in [6, 6.07) is 46.6. The molecule has 1 aliphatic heterocycles. The zero-order valence-electron chi connectivity index (χ0n) is 32.2. The molecule has 1 saturated heterocycles. The van der Waals surface area contributed by atoms with Crippen molar-refractivity contribution in [1.82, 2.24) is 0 Å². The standard InChI is InChI=1S/C39H47N2.C7H6.CH3.2ClH.Ru/c1-26(2)32-19-21-34(28(5)6)36(23-32)40-25-41(37-24-33(27(3)4)20-22-35(37)29(7)8)39(31-17-13-10-14-18-31)38(40)30-15-11-9-12-16-30;1-7-5-3-2-4-6-7;;;;/h9-29,38-39H,1-8H3;1-6H;1H3;2*1H;/q-1;;-1;;;+2/p-2/t38-,39-;;;;;/m1...../s1. The van der Waals surface area contributed by atoms with Crippen LogP contribution in [0.1, 0.15) is 130 Å². The topological polar surface area (TPSA) is 6.48 Å². The molecule has 5 aromatic rings. The molecule has 0 aliphatic carbocycles. The molecule has 2 nitrogen and oxygen atoms in total. The molecule has 52 heavy (non-hydrogen) atoms. The molecule has 0 radical (unpaired) electrons. The summed E-state index contributed by atoms with van der Waals surface area (Å²) in [4.78, 5) is 5.17. The van der Waals surface area contributed by atoms with E-state index in [9.17, 15) is 0 Å². The van der Waals surface area contributed by atoms with Crippen LogP contribution in [0.2, 0.25) is 0 Å². The van der Waals surface area contributed by atoms with Crippen LogP contribution < -0.4 is 9.80 Å². The third kappa shape index (κ3) is 10.0. The predicted molar refractivity (Wildman–Crippen MR) is 227 cm³/mol. The minimum absolute atomic E-state index is 0. The van der Waals surface area contributed by atoms with Crippen molar-refractivity contribution in [2.24, 2.45) is 0 Å². The van der Waals surface area contributed by atoms with Crippen LogP contribution in [0.5, 0.6) is 0 Å². The summed E-state index contributed by atoms with van der Waals surface area (Å²) < 4.78 is 1.92. The third-order valence-corrected chi connectivity index (χ3v) is 11.5. The number of nitrogens with zero attached hydrogens (tertiary/aromatic N) is 2. The van der Waals surface area contributed by atoms with E-state index < -0.39 is 13.5 Å². The van der Waals surface area contributed by atoms with Gasteiger partial charge in [-0.3, -0.25) is 0 Å². The van der Waals surface area contributed by atoms with Crippen LogP contribution in [-0.2, 0) is 13.5 Å². The summed E-state index contributed by atoms with van der Waals surface area (Å²) >= 11 is -1.61. The van der Waals surface area contributed by atoms with Crippen molar-refractivity contribution in [3.63, 3.8) is 0 Å². The van der Waals surface area contributed by atoms with Crippen molar-refractivity contribution in [3.05, 3.63) is 180 Å². The average Bonchev–Trinajstić information content (AvgIpc) is 3.52. The molecule has 0 N–H and O–H groups in total. The minimum atomic E-state index is -1.61. The van der Waals surface area contributed by atoms with Crippen LogP contribution in [0.25, 0.3) is 0 Å². The maximum absolute atomic E-state index is 5.67. The Kier molecular flexibility index (Phi) is 15.3. The van der Waals surface area contributed by atoms with Gasteiger partial charge in [0.15, 0.2) is 0 Å². The van der Waals surface area contributed by atoms with E-state index in [0.717, 1.165) is 5.56 Å². The maximum atomic E-state index is 5.67. The molecule has 1 aliphatic rings. The van der Waals surface area contributed by atoms with Gasteiger partial charge in [0.1, 0.15) is 0 Å². The van der Waals surface area contributed by atoms with Gasteiger partial charge in [-0.15, -0.1) is 0 Å². The molecular formula is C47H56Cl2N2Ru-2. The van der Waals surface area contributed by atoms with Crippen LogP contribution >= 0.6 is 19.4 Å². The Morgan fingerprint density at radius 3 is 1.21 bits per heavy atom. The second-order valence-corrected chi connectivity index (χ2v) is 20.3. The van der Waals surface area contributed by atoms with Crippen LogP contribution in [0.15, 0.2) is 127 Å². The number of rotatable bonds is 9. The van der Waals surface area contributed by atoms with E-state index in [2.05, 4.69) is 169 Å². The Hall–Kier alpha value is -3.23. The van der Waals surface area contributed by atoms with E-state index in [4.69, 9.17) is 19.4 Å². The molecule has 0 aromatic heterocycles. The zero-order valence-corrected chi connectivity index (χ0v) is 35.5. The third-order valence-electron chi connectivity index (χ3n) is 9.67. The molecule has 1 heterocycles. The zero-order chi connectivity index (χ0) is 36.7. The van der Waals surface area contributed by atoms with Gasteiger partial charge in [-0.25, -0.2) is 0 Å². The number of anilines is 2. The van der Waals surface area contributed by atoms with Crippen molar-refractivity contribution < 1.29 is 13.5 Å². The first-order valence-corrected chi connectivity index (χ1v) is 23.6. The van der Waals surface area contributed by atoms with E-state index in [1.807, 2.05) is 34.9 Å². The second kappa shape index (κ2) is 19.2. The van der Waals surface area contributed by atoms with Gasteiger partial charge in [-0.05, 0) is 69.2 Å².